The lowest BCUT2D eigenvalue weighted by atomic mass is 9.91. The average molecular weight is 446 g/mol. The van der Waals surface area contributed by atoms with Crippen LogP contribution in [0.2, 0.25) is 0 Å². The fraction of sp³-hybridized carbons (Fsp3) is 0.211. The van der Waals surface area contributed by atoms with Crippen LogP contribution in [0.5, 0.6) is 5.75 Å². The predicted octanol–water partition coefficient (Wildman–Crippen LogP) is 1.49. The van der Waals surface area contributed by atoms with Gasteiger partial charge in [-0.25, -0.2) is 4.90 Å². The summed E-state index contributed by atoms with van der Waals surface area (Å²) < 4.78 is 0.821. The second-order valence-electron chi connectivity index (χ2n) is 6.62. The van der Waals surface area contributed by atoms with Gasteiger partial charge in [0.05, 0.1) is 17.6 Å². The van der Waals surface area contributed by atoms with Gasteiger partial charge >= 0.3 is 0 Å². The van der Waals surface area contributed by atoms with Crippen LogP contribution in [0.25, 0.3) is 0 Å². The first-order valence-corrected chi connectivity index (χ1v) is 9.30. The normalized spacial score (nSPS) is 24.6. The predicted molar refractivity (Wildman–Crippen MR) is 102 cm³/mol. The van der Waals surface area contributed by atoms with E-state index < -0.39 is 35.8 Å². The minimum absolute atomic E-state index is 0.0611. The molecule has 144 valence electrons. The van der Waals surface area contributed by atoms with E-state index in [0.29, 0.717) is 11.3 Å². The van der Waals surface area contributed by atoms with Crippen LogP contribution in [-0.4, -0.2) is 40.5 Å². The van der Waals surface area contributed by atoms with E-state index >= 15 is 0 Å². The van der Waals surface area contributed by atoms with Crippen molar-refractivity contribution in [2.75, 3.05) is 11.4 Å². The number of nitrogens with zero attached hydrogens (tertiary/aromatic N) is 2. The molecular weight excluding hydrogens is 430 g/mol. The van der Waals surface area contributed by atoms with E-state index in [2.05, 4.69) is 15.9 Å². The number of carbonyl (C=O) groups excluding carboxylic acids is 3. The number of halogens is 1. The minimum Gasteiger partial charge on any atom is -0.508 e. The van der Waals surface area contributed by atoms with E-state index in [1.54, 1.807) is 36.4 Å². The van der Waals surface area contributed by atoms with E-state index in [4.69, 9.17) is 10.6 Å². The van der Waals surface area contributed by atoms with E-state index in [1.807, 2.05) is 0 Å². The van der Waals surface area contributed by atoms with Crippen LogP contribution >= 0.6 is 15.9 Å². The Labute approximate surface area is 168 Å². The number of anilines is 1. The molecule has 9 heteroatoms. The van der Waals surface area contributed by atoms with Crippen LogP contribution in [0, 0.1) is 5.92 Å². The Morgan fingerprint density at radius 1 is 1.07 bits per heavy atom. The number of aromatic hydroxyl groups is 1. The molecule has 3 unspecified atom stereocenters. The van der Waals surface area contributed by atoms with Crippen molar-refractivity contribution in [1.29, 1.82) is 0 Å². The highest BCUT2D eigenvalue weighted by Gasteiger charge is 2.60. The van der Waals surface area contributed by atoms with Crippen LogP contribution in [0.3, 0.4) is 0 Å². The van der Waals surface area contributed by atoms with Gasteiger partial charge in [0.1, 0.15) is 12.3 Å². The van der Waals surface area contributed by atoms with Crippen LogP contribution in [0.4, 0.5) is 5.69 Å². The van der Waals surface area contributed by atoms with E-state index in [9.17, 15) is 19.5 Å². The molecule has 0 bridgehead atoms. The number of benzene rings is 2. The number of hydrogen-bond acceptors (Lipinski definition) is 6. The van der Waals surface area contributed by atoms with Crippen molar-refractivity contribution in [3.63, 3.8) is 0 Å². The van der Waals surface area contributed by atoms with Crippen molar-refractivity contribution in [3.05, 3.63) is 58.6 Å². The molecule has 2 aliphatic heterocycles. The number of phenolic OH excluding ortho intramolecular Hbond substituents is 1. The Hall–Kier alpha value is -2.75. The maximum absolute atomic E-state index is 13.2. The number of amides is 3. The summed E-state index contributed by atoms with van der Waals surface area (Å²) in [5, 5.41) is 10.8. The summed E-state index contributed by atoms with van der Waals surface area (Å²) in [5.74, 6) is -2.32. The maximum atomic E-state index is 13.2. The number of imide groups is 1. The molecular formula is C19H16BrN3O5. The first kappa shape index (κ1) is 18.6. The molecule has 8 nitrogen and oxygen atoms in total. The maximum Gasteiger partial charge on any atom is 0.265 e. The molecule has 2 fully saturated rings. The summed E-state index contributed by atoms with van der Waals surface area (Å²) >= 11 is 3.33. The minimum atomic E-state index is -1.05. The molecule has 3 atom stereocenters. The standard InChI is InChI=1S/C19H16BrN3O5/c20-11-3-5-12(6-4-11)23-18(26)15-16(10-1-7-13(24)8-2-10)22(9-14(21)25)28-17(15)19(23)27/h1-8,15-17,24H,9H2,(H2,21,25). The Balaban J connectivity index is 1.73. The van der Waals surface area contributed by atoms with Crippen molar-refractivity contribution < 1.29 is 24.3 Å². The van der Waals surface area contributed by atoms with E-state index in [-0.39, 0.29) is 12.3 Å². The molecule has 3 N–H and O–H groups in total. The lowest BCUT2D eigenvalue weighted by Gasteiger charge is -2.26. The smallest absolute Gasteiger partial charge is 0.265 e. The van der Waals surface area contributed by atoms with Gasteiger partial charge < -0.3 is 10.8 Å². The molecule has 0 spiro atoms. The molecule has 4 rings (SSSR count). The molecule has 0 aliphatic carbocycles. The summed E-state index contributed by atoms with van der Waals surface area (Å²) in [6.07, 6.45) is -1.05. The van der Waals surface area contributed by atoms with Gasteiger partial charge in [0, 0.05) is 4.47 Å². The number of hydrogen-bond donors (Lipinski definition) is 2. The largest absolute Gasteiger partial charge is 0.508 e. The second-order valence-corrected chi connectivity index (χ2v) is 7.53. The van der Waals surface area contributed by atoms with Crippen LogP contribution < -0.4 is 10.6 Å². The summed E-state index contributed by atoms with van der Waals surface area (Å²) in [7, 11) is 0. The Bertz CT molecular complexity index is 947. The monoisotopic (exact) mass is 445 g/mol. The summed E-state index contributed by atoms with van der Waals surface area (Å²) in [6.45, 7) is -0.266. The van der Waals surface area contributed by atoms with Crippen molar-refractivity contribution in [1.82, 2.24) is 5.06 Å². The molecule has 0 radical (unpaired) electrons. The molecule has 2 aliphatic rings. The molecule has 3 amide bonds. The lowest BCUT2D eigenvalue weighted by molar-refractivity contribution is -0.175. The molecule has 2 heterocycles. The fourth-order valence-electron chi connectivity index (χ4n) is 3.65. The number of nitrogens with two attached hydrogens (primary N) is 1. The zero-order chi connectivity index (χ0) is 20.0. The Morgan fingerprint density at radius 2 is 1.71 bits per heavy atom. The van der Waals surface area contributed by atoms with Gasteiger partial charge in [-0.2, -0.15) is 5.06 Å². The number of rotatable bonds is 4. The average Bonchev–Trinajstić information content (AvgIpc) is 3.12. The second kappa shape index (κ2) is 7.01. The summed E-state index contributed by atoms with van der Waals surface area (Å²) in [5.41, 5.74) is 6.38. The first-order chi connectivity index (χ1) is 13.4. The van der Waals surface area contributed by atoms with Crippen LogP contribution in [0.1, 0.15) is 11.6 Å². The number of primary amides is 1. The van der Waals surface area contributed by atoms with Crippen LogP contribution in [-0.2, 0) is 19.2 Å². The lowest BCUT2D eigenvalue weighted by Crippen LogP contribution is -2.40. The van der Waals surface area contributed by atoms with Crippen molar-refractivity contribution in [2.45, 2.75) is 12.1 Å². The first-order valence-electron chi connectivity index (χ1n) is 8.51. The van der Waals surface area contributed by atoms with Crippen molar-refractivity contribution in [3.8, 4) is 5.75 Å². The topological polar surface area (TPSA) is 113 Å². The zero-order valence-corrected chi connectivity index (χ0v) is 16.1. The highest BCUT2D eigenvalue weighted by atomic mass is 79.9. The molecule has 0 saturated carbocycles. The van der Waals surface area contributed by atoms with Gasteiger partial charge in [0.25, 0.3) is 5.91 Å². The van der Waals surface area contributed by atoms with Gasteiger partial charge in [-0.15, -0.1) is 0 Å². The quantitative estimate of drug-likeness (QED) is 0.689. The van der Waals surface area contributed by atoms with Crippen molar-refractivity contribution >= 4 is 39.3 Å². The summed E-state index contributed by atoms with van der Waals surface area (Å²) in [6, 6.07) is 12.3. The van der Waals surface area contributed by atoms with Gasteiger partial charge in [-0.1, -0.05) is 28.1 Å². The number of fused-ring (bicyclic) bond motifs is 1. The Morgan fingerprint density at radius 3 is 2.32 bits per heavy atom. The van der Waals surface area contributed by atoms with Gasteiger partial charge in [-0.05, 0) is 42.0 Å². The number of phenols is 1. The summed E-state index contributed by atoms with van der Waals surface area (Å²) in [4.78, 5) is 44.4. The van der Waals surface area contributed by atoms with Crippen molar-refractivity contribution in [2.24, 2.45) is 11.7 Å². The number of carbonyl (C=O) groups is 3. The highest BCUT2D eigenvalue weighted by molar-refractivity contribution is 9.10. The fourth-order valence-corrected chi connectivity index (χ4v) is 3.91. The van der Waals surface area contributed by atoms with Gasteiger partial charge in [0.15, 0.2) is 6.10 Å². The van der Waals surface area contributed by atoms with E-state index in [0.717, 1.165) is 9.37 Å². The highest BCUT2D eigenvalue weighted by Crippen LogP contribution is 2.45. The van der Waals surface area contributed by atoms with E-state index in [1.165, 1.54) is 17.2 Å². The Kier molecular flexibility index (Phi) is 4.66. The third kappa shape index (κ3) is 3.07. The third-order valence-electron chi connectivity index (χ3n) is 4.83. The van der Waals surface area contributed by atoms with Crippen LogP contribution in [0.15, 0.2) is 53.0 Å². The van der Waals surface area contributed by atoms with Gasteiger partial charge in [-0.3, -0.25) is 19.2 Å². The molecule has 2 aromatic rings. The molecule has 2 aromatic carbocycles. The molecule has 28 heavy (non-hydrogen) atoms. The number of hydroxylamine groups is 2. The molecule has 2 saturated heterocycles. The SMILES string of the molecule is NC(=O)CN1OC2C(=O)N(c3ccc(Br)cc3)C(=O)C2C1c1ccc(O)cc1. The van der Waals surface area contributed by atoms with Gasteiger partial charge in [0.2, 0.25) is 11.8 Å². The third-order valence-corrected chi connectivity index (χ3v) is 5.35. The molecule has 0 aromatic heterocycles. The zero-order valence-electron chi connectivity index (χ0n) is 14.5.